The first-order chi connectivity index (χ1) is 19.4. The van der Waals surface area contributed by atoms with Gasteiger partial charge in [0.05, 0.1) is 22.0 Å². The van der Waals surface area contributed by atoms with Gasteiger partial charge in [-0.3, -0.25) is 5.43 Å². The van der Waals surface area contributed by atoms with Crippen molar-refractivity contribution in [3.05, 3.63) is 126 Å². The van der Waals surface area contributed by atoms with Crippen LogP contribution in [0.2, 0.25) is 0 Å². The second-order valence-corrected chi connectivity index (χ2v) is 11.4. The summed E-state index contributed by atoms with van der Waals surface area (Å²) in [5.41, 5.74) is 6.96. The summed E-state index contributed by atoms with van der Waals surface area (Å²) >= 11 is 0. The standard InChI is InChI=1S/C31H25N3O5S/c35-31(36)34-17-16-28-26(20-34)25-18-24(40(37,38)23-14-8-3-9-15-23)19-27(30(25)39-28)32-33-29(21-10-4-1-5-11-21)22-12-6-2-7-13-22/h1-15,18-19,32H,16-17,20H2,(H,35,36). The van der Waals surface area contributed by atoms with Crippen LogP contribution in [0.15, 0.2) is 122 Å². The molecule has 40 heavy (non-hydrogen) atoms. The Bertz CT molecular complexity index is 1790. The number of sulfone groups is 1. The smallest absolute Gasteiger partial charge is 0.407 e. The van der Waals surface area contributed by atoms with Crippen LogP contribution in [0.3, 0.4) is 0 Å². The molecule has 1 aliphatic rings. The van der Waals surface area contributed by atoms with Crippen molar-refractivity contribution in [1.82, 2.24) is 4.90 Å². The lowest BCUT2D eigenvalue weighted by atomic mass is 10.0. The number of hydrogen-bond donors (Lipinski definition) is 2. The second-order valence-electron chi connectivity index (χ2n) is 9.43. The molecule has 0 spiro atoms. The molecule has 0 bridgehead atoms. The molecule has 0 aliphatic carbocycles. The highest BCUT2D eigenvalue weighted by atomic mass is 32.2. The first kappa shape index (κ1) is 25.4. The van der Waals surface area contributed by atoms with Crippen LogP contribution in [-0.4, -0.2) is 36.8 Å². The molecule has 2 N–H and O–H groups in total. The predicted octanol–water partition coefficient (Wildman–Crippen LogP) is 6.17. The molecule has 8 nitrogen and oxygen atoms in total. The molecule has 0 atom stereocenters. The van der Waals surface area contributed by atoms with Crippen molar-refractivity contribution in [2.24, 2.45) is 5.10 Å². The minimum Gasteiger partial charge on any atom is -0.465 e. The van der Waals surface area contributed by atoms with Crippen LogP contribution >= 0.6 is 0 Å². The van der Waals surface area contributed by atoms with Gasteiger partial charge in [-0.05, 0) is 24.3 Å². The summed E-state index contributed by atoms with van der Waals surface area (Å²) in [6, 6.07) is 30.6. The number of anilines is 1. The second kappa shape index (κ2) is 10.3. The van der Waals surface area contributed by atoms with Crippen molar-refractivity contribution in [1.29, 1.82) is 0 Å². The lowest BCUT2D eigenvalue weighted by molar-refractivity contribution is 0.138. The van der Waals surface area contributed by atoms with E-state index < -0.39 is 15.9 Å². The number of hydrazone groups is 1. The predicted molar refractivity (Wildman–Crippen MR) is 152 cm³/mol. The van der Waals surface area contributed by atoms with Crippen molar-refractivity contribution in [3.8, 4) is 0 Å². The van der Waals surface area contributed by atoms with E-state index in [1.165, 1.54) is 11.0 Å². The number of nitrogens with zero attached hydrogens (tertiary/aromatic N) is 2. The maximum Gasteiger partial charge on any atom is 0.407 e. The lowest BCUT2D eigenvalue weighted by Gasteiger charge is -2.23. The average Bonchev–Trinajstić information content (AvgIpc) is 3.37. The van der Waals surface area contributed by atoms with Gasteiger partial charge in [0.2, 0.25) is 9.84 Å². The Balaban J connectivity index is 1.53. The monoisotopic (exact) mass is 551 g/mol. The third-order valence-corrected chi connectivity index (χ3v) is 8.67. The molecule has 2 heterocycles. The van der Waals surface area contributed by atoms with Crippen LogP contribution in [0.4, 0.5) is 10.5 Å². The molecule has 0 saturated carbocycles. The highest BCUT2D eigenvalue weighted by molar-refractivity contribution is 7.91. The zero-order chi connectivity index (χ0) is 27.7. The molecule has 0 unspecified atom stereocenters. The number of hydrogen-bond acceptors (Lipinski definition) is 6. The molecule has 1 aromatic heterocycles. The SMILES string of the molecule is O=C(O)N1CCc2oc3c(NN=C(c4ccccc4)c4ccccc4)cc(S(=O)(=O)c4ccccc4)cc3c2C1. The highest BCUT2D eigenvalue weighted by Gasteiger charge is 2.29. The summed E-state index contributed by atoms with van der Waals surface area (Å²) in [7, 11) is -3.89. The first-order valence-electron chi connectivity index (χ1n) is 12.7. The lowest BCUT2D eigenvalue weighted by Crippen LogP contribution is -2.34. The first-order valence-corrected chi connectivity index (χ1v) is 14.2. The summed E-state index contributed by atoms with van der Waals surface area (Å²) in [5.74, 6) is 0.639. The summed E-state index contributed by atoms with van der Waals surface area (Å²) in [6.07, 6.45) is -0.648. The Kier molecular flexibility index (Phi) is 6.57. The van der Waals surface area contributed by atoms with Crippen LogP contribution in [0.25, 0.3) is 11.0 Å². The third kappa shape index (κ3) is 4.71. The van der Waals surface area contributed by atoms with Crippen LogP contribution < -0.4 is 5.43 Å². The van der Waals surface area contributed by atoms with Gasteiger partial charge in [0, 0.05) is 35.0 Å². The van der Waals surface area contributed by atoms with Gasteiger partial charge >= 0.3 is 6.09 Å². The van der Waals surface area contributed by atoms with Gasteiger partial charge in [0.25, 0.3) is 0 Å². The van der Waals surface area contributed by atoms with Crippen molar-refractivity contribution < 1.29 is 22.7 Å². The molecule has 1 amide bonds. The van der Waals surface area contributed by atoms with E-state index in [0.29, 0.717) is 46.7 Å². The van der Waals surface area contributed by atoms with Gasteiger partial charge in [-0.25, -0.2) is 13.2 Å². The maximum atomic E-state index is 13.7. The Hall–Kier alpha value is -4.89. The van der Waals surface area contributed by atoms with Gasteiger partial charge in [0.1, 0.15) is 11.4 Å². The molecular weight excluding hydrogens is 526 g/mol. The number of fused-ring (bicyclic) bond motifs is 3. The highest BCUT2D eigenvalue weighted by Crippen LogP contribution is 2.38. The Labute approximate surface area is 231 Å². The number of carboxylic acid groups (broad SMARTS) is 1. The van der Waals surface area contributed by atoms with Crippen molar-refractivity contribution in [2.75, 3.05) is 12.0 Å². The van der Waals surface area contributed by atoms with E-state index in [1.54, 1.807) is 36.4 Å². The Morgan fingerprint density at radius 1 is 0.850 bits per heavy atom. The number of carbonyl (C=O) groups is 1. The van der Waals surface area contributed by atoms with E-state index in [4.69, 9.17) is 9.52 Å². The minimum atomic E-state index is -3.89. The van der Waals surface area contributed by atoms with Gasteiger partial charge < -0.3 is 14.4 Å². The van der Waals surface area contributed by atoms with Crippen LogP contribution in [0, 0.1) is 0 Å². The molecule has 0 saturated heterocycles. The Morgan fingerprint density at radius 2 is 1.45 bits per heavy atom. The van der Waals surface area contributed by atoms with Crippen LogP contribution in [-0.2, 0) is 22.8 Å². The van der Waals surface area contributed by atoms with Gasteiger partial charge in [-0.2, -0.15) is 5.10 Å². The summed E-state index contributed by atoms with van der Waals surface area (Å²) in [6.45, 7) is 0.402. The van der Waals surface area contributed by atoms with Crippen LogP contribution in [0.5, 0.6) is 0 Å². The van der Waals surface area contributed by atoms with Gasteiger partial charge in [-0.1, -0.05) is 78.9 Å². The van der Waals surface area contributed by atoms with E-state index in [-0.39, 0.29) is 16.3 Å². The van der Waals surface area contributed by atoms with Gasteiger partial charge in [-0.15, -0.1) is 0 Å². The zero-order valence-corrected chi connectivity index (χ0v) is 22.1. The molecule has 200 valence electrons. The molecule has 4 aromatic carbocycles. The number of furan rings is 1. The quantitative estimate of drug-likeness (QED) is 0.193. The number of rotatable bonds is 6. The van der Waals surface area contributed by atoms with Crippen molar-refractivity contribution in [3.63, 3.8) is 0 Å². The van der Waals surface area contributed by atoms with Gasteiger partial charge in [0.15, 0.2) is 5.58 Å². The number of benzene rings is 4. The van der Waals surface area contributed by atoms with E-state index in [1.807, 2.05) is 60.7 Å². The summed E-state index contributed by atoms with van der Waals surface area (Å²) in [4.78, 5) is 13.2. The summed E-state index contributed by atoms with van der Waals surface area (Å²) < 4.78 is 33.6. The van der Waals surface area contributed by atoms with E-state index >= 15 is 0 Å². The molecule has 6 rings (SSSR count). The topological polar surface area (TPSA) is 112 Å². The van der Waals surface area contributed by atoms with E-state index in [0.717, 1.165) is 11.1 Å². The van der Waals surface area contributed by atoms with E-state index in [9.17, 15) is 18.3 Å². The summed E-state index contributed by atoms with van der Waals surface area (Å²) in [5, 5.41) is 14.9. The molecular formula is C31H25N3O5S. The van der Waals surface area contributed by atoms with E-state index in [2.05, 4.69) is 5.43 Å². The molecule has 0 radical (unpaired) electrons. The minimum absolute atomic E-state index is 0.0564. The van der Waals surface area contributed by atoms with Crippen LogP contribution in [0.1, 0.15) is 22.5 Å². The maximum absolute atomic E-state index is 13.7. The average molecular weight is 552 g/mol. The van der Waals surface area contributed by atoms with Crippen molar-refractivity contribution in [2.45, 2.75) is 22.8 Å². The zero-order valence-electron chi connectivity index (χ0n) is 21.3. The fourth-order valence-corrected chi connectivity index (χ4v) is 6.23. The molecule has 9 heteroatoms. The molecule has 1 aliphatic heterocycles. The molecule has 0 fully saturated rings. The van der Waals surface area contributed by atoms with Crippen molar-refractivity contribution >= 4 is 38.3 Å². The fourth-order valence-electron chi connectivity index (χ4n) is 4.89. The number of nitrogens with one attached hydrogen (secondary N) is 1. The third-order valence-electron chi connectivity index (χ3n) is 6.92. The number of amides is 1. The largest absolute Gasteiger partial charge is 0.465 e. The molecule has 5 aromatic rings. The normalized spacial score (nSPS) is 13.1. The fraction of sp³-hybridized carbons (Fsp3) is 0.0968. The Morgan fingerprint density at radius 3 is 2.05 bits per heavy atom.